The Morgan fingerprint density at radius 2 is 0.847 bits per heavy atom. The summed E-state index contributed by atoms with van der Waals surface area (Å²) in [5.41, 5.74) is 12.9. The standard InChI is InChI=1S/C53H32N4O2/c1-4-17-33(18-5-1)49-55-50(37-24-14-28-41-46(37)36-23-10-11-27-40(36)53(41,34-19-6-2-7-20-34)35-21-8-3-9-22-35)57-51(56-49)38-25-15-31-44-47(38)48-39(26-16-32-45(48)58-44)52-54-42-29-12-13-30-43(42)59-52/h1-32H. The summed E-state index contributed by atoms with van der Waals surface area (Å²) in [6.45, 7) is 0. The maximum Gasteiger partial charge on any atom is 0.228 e. The van der Waals surface area contributed by atoms with Gasteiger partial charge in [-0.1, -0.05) is 164 Å². The highest BCUT2D eigenvalue weighted by molar-refractivity contribution is 6.17. The van der Waals surface area contributed by atoms with Crippen molar-refractivity contribution in [3.8, 4) is 56.7 Å². The second-order valence-electron chi connectivity index (χ2n) is 14.9. The Hall–Kier alpha value is -7.96. The zero-order valence-corrected chi connectivity index (χ0v) is 31.6. The third-order valence-corrected chi connectivity index (χ3v) is 11.7. The van der Waals surface area contributed by atoms with Crippen LogP contribution in [-0.4, -0.2) is 19.9 Å². The number of furan rings is 1. The van der Waals surface area contributed by atoms with Crippen molar-refractivity contribution in [1.82, 2.24) is 19.9 Å². The predicted molar refractivity (Wildman–Crippen MR) is 234 cm³/mol. The van der Waals surface area contributed by atoms with Crippen LogP contribution in [0.25, 0.3) is 89.8 Å². The maximum atomic E-state index is 6.55. The van der Waals surface area contributed by atoms with E-state index >= 15 is 0 Å². The van der Waals surface area contributed by atoms with Crippen molar-refractivity contribution in [2.45, 2.75) is 5.41 Å². The summed E-state index contributed by atoms with van der Waals surface area (Å²) >= 11 is 0. The van der Waals surface area contributed by atoms with Gasteiger partial charge >= 0.3 is 0 Å². The summed E-state index contributed by atoms with van der Waals surface area (Å²) in [4.78, 5) is 20.8. The zero-order valence-electron chi connectivity index (χ0n) is 31.6. The fraction of sp³-hybridized carbons (Fsp3) is 0.0189. The predicted octanol–water partition coefficient (Wildman–Crippen LogP) is 12.9. The minimum absolute atomic E-state index is 0.523. The molecule has 0 bridgehead atoms. The molecule has 0 amide bonds. The molecule has 6 heteroatoms. The molecule has 0 fully saturated rings. The molecule has 0 saturated heterocycles. The van der Waals surface area contributed by atoms with Gasteiger partial charge in [-0.05, 0) is 63.7 Å². The van der Waals surface area contributed by atoms with E-state index in [0.29, 0.717) is 28.9 Å². The molecule has 276 valence electrons. The van der Waals surface area contributed by atoms with Gasteiger partial charge in [0, 0.05) is 33.0 Å². The van der Waals surface area contributed by atoms with Crippen LogP contribution in [0.15, 0.2) is 203 Å². The van der Waals surface area contributed by atoms with E-state index in [1.807, 2.05) is 84.9 Å². The molecule has 59 heavy (non-hydrogen) atoms. The minimum Gasteiger partial charge on any atom is -0.456 e. The van der Waals surface area contributed by atoms with E-state index in [2.05, 4.69) is 109 Å². The molecule has 8 aromatic carbocycles. The number of rotatable bonds is 6. The molecule has 1 aliphatic carbocycles. The summed E-state index contributed by atoms with van der Waals surface area (Å²) in [6, 6.07) is 66.9. The fourth-order valence-corrected chi connectivity index (χ4v) is 9.23. The fourth-order valence-electron chi connectivity index (χ4n) is 9.23. The van der Waals surface area contributed by atoms with Crippen LogP contribution in [0.2, 0.25) is 0 Å². The Morgan fingerprint density at radius 1 is 0.339 bits per heavy atom. The van der Waals surface area contributed by atoms with E-state index in [1.165, 1.54) is 22.3 Å². The van der Waals surface area contributed by atoms with Crippen LogP contribution in [0.4, 0.5) is 0 Å². The van der Waals surface area contributed by atoms with Crippen LogP contribution in [0.1, 0.15) is 22.3 Å². The van der Waals surface area contributed by atoms with E-state index in [-0.39, 0.29) is 0 Å². The zero-order chi connectivity index (χ0) is 38.9. The van der Waals surface area contributed by atoms with Gasteiger partial charge in [-0.2, -0.15) is 0 Å². The Labute approximate surface area is 339 Å². The van der Waals surface area contributed by atoms with Crippen LogP contribution in [0.5, 0.6) is 0 Å². The summed E-state index contributed by atoms with van der Waals surface area (Å²) in [5, 5.41) is 1.77. The van der Waals surface area contributed by atoms with Gasteiger partial charge in [0.15, 0.2) is 23.1 Å². The monoisotopic (exact) mass is 756 g/mol. The number of nitrogens with zero attached hydrogens (tertiary/aromatic N) is 4. The quantitative estimate of drug-likeness (QED) is 0.168. The van der Waals surface area contributed by atoms with Crippen molar-refractivity contribution in [1.29, 1.82) is 0 Å². The van der Waals surface area contributed by atoms with E-state index in [9.17, 15) is 0 Å². The summed E-state index contributed by atoms with van der Waals surface area (Å²) in [6.07, 6.45) is 0. The van der Waals surface area contributed by atoms with Gasteiger partial charge in [0.25, 0.3) is 0 Å². The van der Waals surface area contributed by atoms with Gasteiger partial charge in [0.2, 0.25) is 5.89 Å². The summed E-state index contributed by atoms with van der Waals surface area (Å²) in [7, 11) is 0. The number of hydrogen-bond acceptors (Lipinski definition) is 6. The van der Waals surface area contributed by atoms with E-state index in [0.717, 1.165) is 60.8 Å². The van der Waals surface area contributed by atoms with Gasteiger partial charge in [-0.15, -0.1) is 0 Å². The molecule has 0 unspecified atom stereocenters. The van der Waals surface area contributed by atoms with Gasteiger partial charge in [-0.3, -0.25) is 0 Å². The molecule has 3 heterocycles. The van der Waals surface area contributed by atoms with Gasteiger partial charge in [0.1, 0.15) is 16.7 Å². The first-order chi connectivity index (χ1) is 29.3. The Kier molecular flexibility index (Phi) is 7.34. The minimum atomic E-state index is -0.565. The largest absolute Gasteiger partial charge is 0.456 e. The van der Waals surface area contributed by atoms with E-state index < -0.39 is 5.41 Å². The first kappa shape index (κ1) is 33.2. The molecule has 3 aromatic heterocycles. The molecule has 0 aliphatic heterocycles. The number of hydrogen-bond donors (Lipinski definition) is 0. The Morgan fingerprint density at radius 3 is 1.58 bits per heavy atom. The molecule has 6 nitrogen and oxygen atoms in total. The van der Waals surface area contributed by atoms with Crippen LogP contribution in [0, 0.1) is 0 Å². The second kappa shape index (κ2) is 13.0. The smallest absolute Gasteiger partial charge is 0.228 e. The maximum absolute atomic E-state index is 6.55. The molecular formula is C53H32N4O2. The van der Waals surface area contributed by atoms with Gasteiger partial charge in [0.05, 0.1) is 5.41 Å². The number of benzene rings is 8. The molecule has 12 rings (SSSR count). The van der Waals surface area contributed by atoms with Crippen LogP contribution < -0.4 is 0 Å². The first-order valence-electron chi connectivity index (χ1n) is 19.7. The lowest BCUT2D eigenvalue weighted by Crippen LogP contribution is -2.28. The van der Waals surface area contributed by atoms with Gasteiger partial charge in [-0.25, -0.2) is 19.9 Å². The molecule has 0 spiro atoms. The van der Waals surface area contributed by atoms with Crippen molar-refractivity contribution in [3.05, 3.63) is 216 Å². The van der Waals surface area contributed by atoms with Crippen LogP contribution >= 0.6 is 0 Å². The molecule has 11 aromatic rings. The number of aromatic nitrogens is 4. The van der Waals surface area contributed by atoms with Crippen LogP contribution in [-0.2, 0) is 5.41 Å². The first-order valence-corrected chi connectivity index (χ1v) is 19.7. The molecule has 0 radical (unpaired) electrons. The molecular weight excluding hydrogens is 725 g/mol. The second-order valence-corrected chi connectivity index (χ2v) is 14.9. The average Bonchev–Trinajstić information content (AvgIpc) is 4.01. The third kappa shape index (κ3) is 5.00. The van der Waals surface area contributed by atoms with Crippen molar-refractivity contribution in [2.75, 3.05) is 0 Å². The van der Waals surface area contributed by atoms with Crippen molar-refractivity contribution >= 4 is 33.0 Å². The highest BCUT2D eigenvalue weighted by Gasteiger charge is 2.47. The topological polar surface area (TPSA) is 77.8 Å². The highest BCUT2D eigenvalue weighted by atomic mass is 16.3. The van der Waals surface area contributed by atoms with E-state index in [1.54, 1.807) is 0 Å². The molecule has 0 saturated carbocycles. The van der Waals surface area contributed by atoms with Crippen LogP contribution in [0.3, 0.4) is 0 Å². The average molecular weight is 757 g/mol. The third-order valence-electron chi connectivity index (χ3n) is 11.7. The number of oxazole rings is 1. The number of fused-ring (bicyclic) bond motifs is 7. The molecule has 0 atom stereocenters. The molecule has 1 aliphatic rings. The van der Waals surface area contributed by atoms with Gasteiger partial charge < -0.3 is 8.83 Å². The molecule has 0 N–H and O–H groups in total. The Bertz CT molecular complexity index is 3320. The van der Waals surface area contributed by atoms with E-state index in [4.69, 9.17) is 28.8 Å². The Balaban J connectivity index is 1.14. The van der Waals surface area contributed by atoms with Crippen molar-refractivity contribution in [2.24, 2.45) is 0 Å². The SMILES string of the molecule is c1ccc(-c2nc(-c3cccc4c3-c3ccccc3C4(c3ccccc3)c3ccccc3)nc(-c3cccc4oc5cccc(-c6nc7ccccc7o6)c5c34)n2)cc1. The van der Waals surface area contributed by atoms with Crippen molar-refractivity contribution in [3.63, 3.8) is 0 Å². The normalized spacial score (nSPS) is 12.9. The lowest BCUT2D eigenvalue weighted by Gasteiger charge is -2.33. The lowest BCUT2D eigenvalue weighted by molar-refractivity contribution is 0.620. The number of para-hydroxylation sites is 2. The van der Waals surface area contributed by atoms with Crippen molar-refractivity contribution < 1.29 is 8.83 Å². The lowest BCUT2D eigenvalue weighted by atomic mass is 9.67. The highest BCUT2D eigenvalue weighted by Crippen LogP contribution is 2.58. The summed E-state index contributed by atoms with van der Waals surface area (Å²) in [5.74, 6) is 2.22. The summed E-state index contributed by atoms with van der Waals surface area (Å²) < 4.78 is 12.9.